The predicted octanol–water partition coefficient (Wildman–Crippen LogP) is 2.62. The average Bonchev–Trinajstić information content (AvgIpc) is 3.21. The van der Waals surface area contributed by atoms with Crippen LogP contribution in [0.3, 0.4) is 0 Å². The zero-order chi connectivity index (χ0) is 20.4. The molecule has 0 radical (unpaired) electrons. The summed E-state index contributed by atoms with van der Waals surface area (Å²) in [5.41, 5.74) is 2.55. The molecule has 1 amide bonds. The van der Waals surface area contributed by atoms with Crippen LogP contribution in [0.15, 0.2) is 59.8 Å². The van der Waals surface area contributed by atoms with Crippen molar-refractivity contribution in [2.75, 3.05) is 24.9 Å². The Morgan fingerprint density at radius 3 is 2.76 bits per heavy atom. The number of allylic oxidation sites excluding steroid dienone is 1. The zero-order valence-corrected chi connectivity index (χ0v) is 16.2. The van der Waals surface area contributed by atoms with Gasteiger partial charge in [-0.2, -0.15) is 4.68 Å². The number of rotatable bonds is 5. The van der Waals surface area contributed by atoms with Crippen molar-refractivity contribution in [2.45, 2.75) is 13.0 Å². The lowest BCUT2D eigenvalue weighted by Crippen LogP contribution is -2.31. The van der Waals surface area contributed by atoms with Crippen LogP contribution in [0.4, 0.5) is 11.6 Å². The van der Waals surface area contributed by atoms with Crippen LogP contribution in [-0.4, -0.2) is 40.3 Å². The number of hydrogen-bond acceptors (Lipinski definition) is 7. The second-order valence-electron chi connectivity index (χ2n) is 6.44. The van der Waals surface area contributed by atoms with Crippen LogP contribution in [0, 0.1) is 0 Å². The van der Waals surface area contributed by atoms with Gasteiger partial charge >= 0.3 is 0 Å². The third-order valence-corrected chi connectivity index (χ3v) is 4.72. The van der Waals surface area contributed by atoms with Gasteiger partial charge in [0.15, 0.2) is 0 Å². The highest BCUT2D eigenvalue weighted by Gasteiger charge is 2.34. The number of carbonyl (C=O) groups is 1. The summed E-state index contributed by atoms with van der Waals surface area (Å²) in [6, 6.07) is 14.2. The highest BCUT2D eigenvalue weighted by atomic mass is 16.5. The lowest BCUT2D eigenvalue weighted by molar-refractivity contribution is -0.113. The number of amides is 1. The number of benzene rings is 2. The first kappa shape index (κ1) is 18.5. The Kier molecular flexibility index (Phi) is 4.86. The van der Waals surface area contributed by atoms with E-state index in [1.807, 2.05) is 43.3 Å². The largest absolute Gasteiger partial charge is 0.497 e. The van der Waals surface area contributed by atoms with Gasteiger partial charge in [0, 0.05) is 5.70 Å². The number of carbonyl (C=O) groups excluding carboxylic acids is 1. The summed E-state index contributed by atoms with van der Waals surface area (Å²) in [6.07, 6.45) is 0. The van der Waals surface area contributed by atoms with E-state index in [1.54, 1.807) is 31.0 Å². The molecule has 1 aliphatic rings. The van der Waals surface area contributed by atoms with E-state index in [0.29, 0.717) is 34.4 Å². The van der Waals surface area contributed by atoms with Gasteiger partial charge in [0.25, 0.3) is 5.91 Å². The molecule has 9 heteroatoms. The van der Waals surface area contributed by atoms with Crippen LogP contribution in [0.2, 0.25) is 0 Å². The van der Waals surface area contributed by atoms with Gasteiger partial charge in [0.2, 0.25) is 5.95 Å². The van der Waals surface area contributed by atoms with Crippen molar-refractivity contribution in [3.63, 3.8) is 0 Å². The summed E-state index contributed by atoms with van der Waals surface area (Å²) >= 11 is 0. The Hall–Kier alpha value is -3.88. The molecule has 2 aromatic carbocycles. The summed E-state index contributed by atoms with van der Waals surface area (Å²) < 4.78 is 12.3. The second kappa shape index (κ2) is 7.63. The molecule has 0 fully saturated rings. The maximum absolute atomic E-state index is 13.3. The fourth-order valence-electron chi connectivity index (χ4n) is 3.36. The van der Waals surface area contributed by atoms with Gasteiger partial charge in [-0.05, 0) is 47.2 Å². The van der Waals surface area contributed by atoms with E-state index in [9.17, 15) is 4.79 Å². The summed E-state index contributed by atoms with van der Waals surface area (Å²) in [5, 5.41) is 17.9. The van der Waals surface area contributed by atoms with Crippen molar-refractivity contribution in [1.82, 2.24) is 20.2 Å². The molecule has 3 aromatic rings. The number of aromatic nitrogens is 4. The molecule has 4 rings (SSSR count). The van der Waals surface area contributed by atoms with Crippen LogP contribution in [-0.2, 0) is 4.79 Å². The fourth-order valence-corrected chi connectivity index (χ4v) is 3.36. The molecule has 1 aromatic heterocycles. The van der Waals surface area contributed by atoms with Crippen molar-refractivity contribution < 1.29 is 14.3 Å². The molecular weight excluding hydrogens is 372 g/mol. The van der Waals surface area contributed by atoms with Crippen LogP contribution < -0.4 is 20.1 Å². The second-order valence-corrected chi connectivity index (χ2v) is 6.44. The number of nitrogens with one attached hydrogen (secondary N) is 2. The Bertz CT molecular complexity index is 1090. The minimum atomic E-state index is -0.522. The first-order chi connectivity index (χ1) is 14.1. The van der Waals surface area contributed by atoms with E-state index in [-0.39, 0.29) is 5.91 Å². The standard InChI is InChI=1S/C20H20N6O3/c1-12-17(19(27)22-15-9-4-5-10-16(15)29-3)18(26-20(21-12)23-24-25-26)13-7-6-8-14(11-13)28-2/h4-11,18H,1-3H3,(H,22,27)(H,21,23,25). The minimum Gasteiger partial charge on any atom is -0.497 e. The van der Waals surface area contributed by atoms with Crippen molar-refractivity contribution in [2.24, 2.45) is 0 Å². The number of methoxy groups -OCH3 is 2. The Morgan fingerprint density at radius 2 is 1.97 bits per heavy atom. The number of nitrogens with zero attached hydrogens (tertiary/aromatic N) is 4. The van der Waals surface area contributed by atoms with Crippen molar-refractivity contribution in [1.29, 1.82) is 0 Å². The Labute approximate surface area is 167 Å². The molecule has 29 heavy (non-hydrogen) atoms. The lowest BCUT2D eigenvalue weighted by Gasteiger charge is -2.28. The number of anilines is 2. The first-order valence-corrected chi connectivity index (χ1v) is 8.96. The molecule has 0 bridgehead atoms. The van der Waals surface area contributed by atoms with Gasteiger partial charge in [-0.15, -0.1) is 0 Å². The number of hydrogen-bond donors (Lipinski definition) is 2. The van der Waals surface area contributed by atoms with Gasteiger partial charge in [0.05, 0.1) is 25.5 Å². The monoisotopic (exact) mass is 392 g/mol. The number of fused-ring (bicyclic) bond motifs is 1. The molecule has 2 N–H and O–H groups in total. The molecule has 9 nitrogen and oxygen atoms in total. The van der Waals surface area contributed by atoms with Crippen molar-refractivity contribution in [3.05, 3.63) is 65.4 Å². The highest BCUT2D eigenvalue weighted by molar-refractivity contribution is 6.06. The van der Waals surface area contributed by atoms with Gasteiger partial charge < -0.3 is 20.1 Å². The number of tetrazole rings is 1. The molecule has 0 aliphatic carbocycles. The SMILES string of the molecule is COc1cccc(C2C(C(=O)Nc3ccccc3OC)=C(C)Nc3nnnn32)c1. The average molecular weight is 392 g/mol. The van der Waals surface area contributed by atoms with Crippen LogP contribution >= 0.6 is 0 Å². The van der Waals surface area contributed by atoms with E-state index in [0.717, 1.165) is 5.56 Å². The molecule has 1 unspecified atom stereocenters. The van der Waals surface area contributed by atoms with E-state index >= 15 is 0 Å². The van der Waals surface area contributed by atoms with E-state index in [4.69, 9.17) is 9.47 Å². The van der Waals surface area contributed by atoms with Crippen LogP contribution in [0.5, 0.6) is 11.5 Å². The summed E-state index contributed by atoms with van der Waals surface area (Å²) in [4.78, 5) is 13.3. The van der Waals surface area contributed by atoms with Crippen LogP contribution in [0.25, 0.3) is 0 Å². The van der Waals surface area contributed by atoms with E-state index < -0.39 is 6.04 Å². The fraction of sp³-hybridized carbons (Fsp3) is 0.200. The highest BCUT2D eigenvalue weighted by Crippen LogP contribution is 2.36. The van der Waals surface area contributed by atoms with Crippen molar-refractivity contribution >= 4 is 17.5 Å². The minimum absolute atomic E-state index is 0.284. The molecule has 0 spiro atoms. The Morgan fingerprint density at radius 1 is 1.14 bits per heavy atom. The normalized spacial score (nSPS) is 15.3. The van der Waals surface area contributed by atoms with Gasteiger partial charge in [0.1, 0.15) is 17.5 Å². The van der Waals surface area contributed by atoms with E-state index in [1.165, 1.54) is 0 Å². The number of para-hydroxylation sites is 2. The van der Waals surface area contributed by atoms with Crippen molar-refractivity contribution in [3.8, 4) is 11.5 Å². The third kappa shape index (κ3) is 3.38. The summed E-state index contributed by atoms with van der Waals surface area (Å²) in [5.74, 6) is 1.43. The molecule has 2 heterocycles. The van der Waals surface area contributed by atoms with Gasteiger partial charge in [-0.3, -0.25) is 4.79 Å². The predicted molar refractivity (Wildman–Crippen MR) is 107 cm³/mol. The van der Waals surface area contributed by atoms with Gasteiger partial charge in [-0.25, -0.2) is 0 Å². The first-order valence-electron chi connectivity index (χ1n) is 8.96. The van der Waals surface area contributed by atoms with E-state index in [2.05, 4.69) is 26.2 Å². The van der Waals surface area contributed by atoms with Crippen LogP contribution in [0.1, 0.15) is 18.5 Å². The summed E-state index contributed by atoms with van der Waals surface area (Å²) in [7, 11) is 3.16. The Balaban J connectivity index is 1.77. The van der Waals surface area contributed by atoms with Gasteiger partial charge in [-0.1, -0.05) is 29.4 Å². The summed E-state index contributed by atoms with van der Waals surface area (Å²) in [6.45, 7) is 1.82. The molecule has 0 saturated heterocycles. The maximum atomic E-state index is 13.3. The topological polar surface area (TPSA) is 103 Å². The smallest absolute Gasteiger partial charge is 0.255 e. The molecule has 0 saturated carbocycles. The molecule has 1 atom stereocenters. The molecule has 1 aliphatic heterocycles. The molecule has 148 valence electrons. The quantitative estimate of drug-likeness (QED) is 0.688. The zero-order valence-electron chi connectivity index (χ0n) is 16.2. The molecular formula is C20H20N6O3. The number of ether oxygens (including phenoxy) is 2. The maximum Gasteiger partial charge on any atom is 0.255 e. The lowest BCUT2D eigenvalue weighted by atomic mass is 9.95. The third-order valence-electron chi connectivity index (χ3n) is 4.72.